The van der Waals surface area contributed by atoms with Crippen molar-refractivity contribution < 1.29 is 4.79 Å². The monoisotopic (exact) mass is 141 g/mol. The van der Waals surface area contributed by atoms with Gasteiger partial charge in [0.1, 0.15) is 6.29 Å². The first-order valence-corrected chi connectivity index (χ1v) is 4.04. The lowest BCUT2D eigenvalue weighted by Crippen LogP contribution is -2.35. The second-order valence-corrected chi connectivity index (χ2v) is 2.93. The Labute approximate surface area is 62.2 Å². The maximum Gasteiger partial charge on any atom is 0.124 e. The van der Waals surface area contributed by atoms with Crippen LogP contribution in [0.15, 0.2) is 0 Å². The van der Waals surface area contributed by atoms with E-state index in [0.29, 0.717) is 5.92 Å². The number of hydrogen-bond acceptors (Lipinski definition) is 2. The molecular weight excluding hydrogens is 126 g/mol. The van der Waals surface area contributed by atoms with Crippen LogP contribution in [0.25, 0.3) is 0 Å². The molecule has 0 aromatic carbocycles. The number of carbonyl (C=O) groups excluding carboxylic acids is 1. The zero-order valence-corrected chi connectivity index (χ0v) is 6.55. The Balaban J connectivity index is 2.31. The number of likely N-dealkylation sites (tertiary alicyclic amines) is 1. The Hall–Kier alpha value is -0.370. The molecule has 0 saturated carbocycles. The summed E-state index contributed by atoms with van der Waals surface area (Å²) in [6, 6.07) is 0. The average molecular weight is 141 g/mol. The smallest absolute Gasteiger partial charge is 0.124 e. The highest BCUT2D eigenvalue weighted by molar-refractivity contribution is 5.53. The quantitative estimate of drug-likeness (QED) is 0.533. The SMILES string of the molecule is CCN1CCC[C@H](C=O)C1. The van der Waals surface area contributed by atoms with Gasteiger partial charge in [-0.05, 0) is 25.9 Å². The lowest BCUT2D eigenvalue weighted by molar-refractivity contribution is -0.112. The largest absolute Gasteiger partial charge is 0.303 e. The molecule has 1 atom stereocenters. The van der Waals surface area contributed by atoms with Crippen molar-refractivity contribution in [2.75, 3.05) is 19.6 Å². The molecule has 0 unspecified atom stereocenters. The van der Waals surface area contributed by atoms with Crippen molar-refractivity contribution in [1.29, 1.82) is 0 Å². The van der Waals surface area contributed by atoms with Crippen LogP contribution >= 0.6 is 0 Å². The second-order valence-electron chi connectivity index (χ2n) is 2.93. The minimum Gasteiger partial charge on any atom is -0.303 e. The molecule has 0 aliphatic carbocycles. The van der Waals surface area contributed by atoms with E-state index in [1.165, 1.54) is 13.0 Å². The summed E-state index contributed by atoms with van der Waals surface area (Å²) in [7, 11) is 0. The second kappa shape index (κ2) is 3.71. The van der Waals surface area contributed by atoms with E-state index >= 15 is 0 Å². The molecule has 0 amide bonds. The van der Waals surface area contributed by atoms with Gasteiger partial charge in [-0.2, -0.15) is 0 Å². The fourth-order valence-electron chi connectivity index (χ4n) is 1.49. The van der Waals surface area contributed by atoms with Crippen molar-refractivity contribution in [3.8, 4) is 0 Å². The van der Waals surface area contributed by atoms with Crippen LogP contribution in [0, 0.1) is 5.92 Å². The van der Waals surface area contributed by atoms with Gasteiger partial charge in [0.25, 0.3) is 0 Å². The highest BCUT2D eigenvalue weighted by Crippen LogP contribution is 2.13. The van der Waals surface area contributed by atoms with Crippen molar-refractivity contribution in [3.05, 3.63) is 0 Å². The molecule has 1 rings (SSSR count). The third-order valence-corrected chi connectivity index (χ3v) is 2.18. The van der Waals surface area contributed by atoms with Crippen molar-refractivity contribution >= 4 is 6.29 Å². The van der Waals surface area contributed by atoms with E-state index in [1.54, 1.807) is 0 Å². The fraction of sp³-hybridized carbons (Fsp3) is 0.875. The Morgan fingerprint density at radius 3 is 3.10 bits per heavy atom. The van der Waals surface area contributed by atoms with Gasteiger partial charge in [0, 0.05) is 12.5 Å². The summed E-state index contributed by atoms with van der Waals surface area (Å²) in [5.41, 5.74) is 0. The van der Waals surface area contributed by atoms with Crippen molar-refractivity contribution in [3.63, 3.8) is 0 Å². The van der Waals surface area contributed by atoms with Gasteiger partial charge in [0.2, 0.25) is 0 Å². The third kappa shape index (κ3) is 1.81. The number of carbonyl (C=O) groups is 1. The molecule has 0 aromatic heterocycles. The summed E-state index contributed by atoms with van der Waals surface area (Å²) < 4.78 is 0. The van der Waals surface area contributed by atoms with Crippen LogP contribution in [0.2, 0.25) is 0 Å². The molecule has 2 nitrogen and oxygen atoms in total. The molecular formula is C8H15NO. The molecule has 0 bridgehead atoms. The molecule has 10 heavy (non-hydrogen) atoms. The van der Waals surface area contributed by atoms with Crippen molar-refractivity contribution in [2.24, 2.45) is 5.92 Å². The Morgan fingerprint density at radius 1 is 1.70 bits per heavy atom. The Kier molecular flexibility index (Phi) is 2.87. The van der Waals surface area contributed by atoms with Crippen LogP contribution < -0.4 is 0 Å². The number of nitrogens with zero attached hydrogens (tertiary/aromatic N) is 1. The molecule has 1 fully saturated rings. The highest BCUT2D eigenvalue weighted by atomic mass is 16.1. The summed E-state index contributed by atoms with van der Waals surface area (Å²) in [4.78, 5) is 12.7. The molecule has 1 heterocycles. The molecule has 0 spiro atoms. The third-order valence-electron chi connectivity index (χ3n) is 2.18. The molecule has 0 radical (unpaired) electrons. The lowest BCUT2D eigenvalue weighted by Gasteiger charge is -2.28. The van der Waals surface area contributed by atoms with Gasteiger partial charge >= 0.3 is 0 Å². The van der Waals surface area contributed by atoms with E-state index in [4.69, 9.17) is 0 Å². The maximum atomic E-state index is 10.4. The van der Waals surface area contributed by atoms with Gasteiger partial charge < -0.3 is 9.69 Å². The first-order valence-electron chi connectivity index (χ1n) is 4.04. The van der Waals surface area contributed by atoms with Gasteiger partial charge in [-0.15, -0.1) is 0 Å². The van der Waals surface area contributed by atoms with E-state index in [2.05, 4.69) is 11.8 Å². The summed E-state index contributed by atoms with van der Waals surface area (Å²) in [6.45, 7) is 5.40. The molecule has 1 aliphatic rings. The summed E-state index contributed by atoms with van der Waals surface area (Å²) in [5, 5.41) is 0. The van der Waals surface area contributed by atoms with E-state index < -0.39 is 0 Å². The summed E-state index contributed by atoms with van der Waals surface area (Å²) >= 11 is 0. The van der Waals surface area contributed by atoms with E-state index in [-0.39, 0.29) is 0 Å². The predicted molar refractivity (Wildman–Crippen MR) is 40.9 cm³/mol. The molecule has 1 aliphatic heterocycles. The van der Waals surface area contributed by atoms with Crippen LogP contribution in [0.3, 0.4) is 0 Å². The zero-order chi connectivity index (χ0) is 7.40. The van der Waals surface area contributed by atoms with Crippen molar-refractivity contribution in [2.45, 2.75) is 19.8 Å². The molecule has 0 N–H and O–H groups in total. The first kappa shape index (κ1) is 7.73. The van der Waals surface area contributed by atoms with Gasteiger partial charge in [-0.3, -0.25) is 0 Å². The molecule has 58 valence electrons. The Bertz CT molecular complexity index is 114. The minimum absolute atomic E-state index is 0.314. The number of hydrogen-bond donors (Lipinski definition) is 0. The van der Waals surface area contributed by atoms with Crippen LogP contribution in [-0.2, 0) is 4.79 Å². The fourth-order valence-corrected chi connectivity index (χ4v) is 1.49. The summed E-state index contributed by atoms with van der Waals surface area (Å²) in [6.07, 6.45) is 3.39. The van der Waals surface area contributed by atoms with E-state index in [9.17, 15) is 4.79 Å². The first-order chi connectivity index (χ1) is 4.86. The van der Waals surface area contributed by atoms with E-state index in [1.807, 2.05) is 0 Å². The van der Waals surface area contributed by atoms with Gasteiger partial charge in [-0.25, -0.2) is 0 Å². The Morgan fingerprint density at radius 2 is 2.50 bits per heavy atom. The van der Waals surface area contributed by atoms with Crippen LogP contribution in [0.5, 0.6) is 0 Å². The van der Waals surface area contributed by atoms with Crippen molar-refractivity contribution in [1.82, 2.24) is 4.90 Å². The van der Waals surface area contributed by atoms with Gasteiger partial charge in [0.15, 0.2) is 0 Å². The predicted octanol–water partition coefficient (Wildman–Crippen LogP) is 0.917. The molecule has 1 saturated heterocycles. The molecule has 2 heteroatoms. The summed E-state index contributed by atoms with van der Waals surface area (Å²) in [5.74, 6) is 0.314. The minimum atomic E-state index is 0.314. The highest BCUT2D eigenvalue weighted by Gasteiger charge is 2.16. The number of rotatable bonds is 2. The normalized spacial score (nSPS) is 28.3. The molecule has 0 aromatic rings. The van der Waals surface area contributed by atoms with Gasteiger partial charge in [0.05, 0.1) is 0 Å². The number of aldehydes is 1. The van der Waals surface area contributed by atoms with Crippen LogP contribution in [0.4, 0.5) is 0 Å². The topological polar surface area (TPSA) is 20.3 Å². The average Bonchev–Trinajstić information content (AvgIpc) is 2.05. The maximum absolute atomic E-state index is 10.4. The van der Waals surface area contributed by atoms with Gasteiger partial charge in [-0.1, -0.05) is 6.92 Å². The van der Waals surface area contributed by atoms with Crippen LogP contribution in [-0.4, -0.2) is 30.8 Å². The van der Waals surface area contributed by atoms with E-state index in [0.717, 1.165) is 25.8 Å². The lowest BCUT2D eigenvalue weighted by atomic mass is 10.00. The van der Waals surface area contributed by atoms with Crippen LogP contribution in [0.1, 0.15) is 19.8 Å². The standard InChI is InChI=1S/C8H15NO/c1-2-9-5-3-4-8(6-9)7-10/h7-8H,2-6H2,1H3/t8-/m0/s1. The number of piperidine rings is 1. The zero-order valence-electron chi connectivity index (χ0n) is 6.55.